The van der Waals surface area contributed by atoms with Gasteiger partial charge in [-0.2, -0.15) is 0 Å². The van der Waals surface area contributed by atoms with Crippen molar-refractivity contribution in [2.24, 2.45) is 5.73 Å². The van der Waals surface area contributed by atoms with Crippen LogP contribution in [0.25, 0.3) is 11.1 Å². The van der Waals surface area contributed by atoms with Crippen LogP contribution in [0.15, 0.2) is 54.6 Å². The van der Waals surface area contributed by atoms with E-state index in [1.807, 2.05) is 37.3 Å². The first-order valence-corrected chi connectivity index (χ1v) is 10.5. The number of ether oxygens (including phenoxy) is 1. The molecule has 3 N–H and O–H groups in total. The predicted molar refractivity (Wildman–Crippen MR) is 122 cm³/mol. The summed E-state index contributed by atoms with van der Waals surface area (Å²) in [7, 11) is 0. The molecule has 2 aromatic carbocycles. The number of rotatable bonds is 6. The van der Waals surface area contributed by atoms with E-state index in [4.69, 9.17) is 10.5 Å². The summed E-state index contributed by atoms with van der Waals surface area (Å²) in [5.41, 5.74) is 8.91. The number of aryl methyl sites for hydroxylation is 1. The third-order valence-electron chi connectivity index (χ3n) is 4.74. The molecule has 2 amide bonds. The van der Waals surface area contributed by atoms with Crippen LogP contribution in [0, 0.1) is 6.92 Å². The first-order chi connectivity index (χ1) is 14.2. The van der Waals surface area contributed by atoms with E-state index in [1.165, 1.54) is 16.9 Å². The summed E-state index contributed by atoms with van der Waals surface area (Å²) in [4.78, 5) is 25.6. The number of para-hydroxylation sites is 1. The van der Waals surface area contributed by atoms with E-state index in [-0.39, 0.29) is 17.9 Å². The van der Waals surface area contributed by atoms with Crippen LogP contribution in [-0.4, -0.2) is 18.4 Å². The van der Waals surface area contributed by atoms with Crippen LogP contribution in [0.3, 0.4) is 0 Å². The molecule has 0 unspecified atom stereocenters. The van der Waals surface area contributed by atoms with Crippen molar-refractivity contribution in [2.45, 2.75) is 33.1 Å². The lowest BCUT2D eigenvalue weighted by molar-refractivity contribution is -0.118. The van der Waals surface area contributed by atoms with Crippen molar-refractivity contribution < 1.29 is 14.3 Å². The lowest BCUT2D eigenvalue weighted by Crippen LogP contribution is -2.22. The molecule has 30 heavy (non-hydrogen) atoms. The second kappa shape index (κ2) is 8.71. The third-order valence-corrected chi connectivity index (χ3v) is 5.76. The number of hydrogen-bond donors (Lipinski definition) is 2. The molecular weight excluding hydrogens is 396 g/mol. The summed E-state index contributed by atoms with van der Waals surface area (Å²) in [6.45, 7) is 8.21. The number of carbonyl (C=O) groups excluding carboxylic acids is 2. The fourth-order valence-corrected chi connectivity index (χ4v) is 4.28. The molecular formula is C24H26N2O3S. The SMILES string of the molecule is Cc1sc(NC(=O)COc2ccccc2)c(C(N)=O)c1-c1ccc(C(C)(C)C)cc1. The van der Waals surface area contributed by atoms with E-state index in [0.717, 1.165) is 16.0 Å². The van der Waals surface area contributed by atoms with Crippen molar-refractivity contribution in [1.29, 1.82) is 0 Å². The van der Waals surface area contributed by atoms with Crippen molar-refractivity contribution in [3.05, 3.63) is 70.6 Å². The number of primary amides is 1. The zero-order valence-electron chi connectivity index (χ0n) is 17.6. The van der Waals surface area contributed by atoms with E-state index in [1.54, 1.807) is 12.1 Å². The molecule has 0 aliphatic rings. The first-order valence-electron chi connectivity index (χ1n) is 9.68. The van der Waals surface area contributed by atoms with Gasteiger partial charge in [0.25, 0.3) is 11.8 Å². The third kappa shape index (κ3) is 4.89. The van der Waals surface area contributed by atoms with Crippen LogP contribution in [0.4, 0.5) is 5.00 Å². The van der Waals surface area contributed by atoms with Crippen LogP contribution in [-0.2, 0) is 10.2 Å². The highest BCUT2D eigenvalue weighted by Gasteiger charge is 2.23. The van der Waals surface area contributed by atoms with Gasteiger partial charge in [-0.05, 0) is 35.6 Å². The zero-order valence-corrected chi connectivity index (χ0v) is 18.4. The van der Waals surface area contributed by atoms with Gasteiger partial charge in [0, 0.05) is 10.4 Å². The van der Waals surface area contributed by atoms with E-state index in [9.17, 15) is 9.59 Å². The van der Waals surface area contributed by atoms with E-state index < -0.39 is 5.91 Å². The summed E-state index contributed by atoms with van der Waals surface area (Å²) in [6.07, 6.45) is 0. The Hall–Kier alpha value is -3.12. The second-order valence-corrected chi connectivity index (χ2v) is 9.30. The predicted octanol–water partition coefficient (Wildman–Crippen LogP) is 5.14. The number of nitrogens with one attached hydrogen (secondary N) is 1. The maximum absolute atomic E-state index is 12.4. The van der Waals surface area contributed by atoms with Crippen molar-refractivity contribution in [3.8, 4) is 16.9 Å². The number of nitrogens with two attached hydrogens (primary N) is 1. The molecule has 0 fully saturated rings. The minimum Gasteiger partial charge on any atom is -0.484 e. The Bertz CT molecular complexity index is 1050. The molecule has 3 aromatic rings. The standard InChI is InChI=1S/C24H26N2O3S/c1-15-20(16-10-12-17(13-11-16)24(2,3)4)21(22(25)28)23(30-15)26-19(27)14-29-18-8-6-5-7-9-18/h5-13H,14H2,1-4H3,(H2,25,28)(H,26,27). The minimum absolute atomic E-state index is 0.0344. The molecule has 0 saturated carbocycles. The van der Waals surface area contributed by atoms with Gasteiger partial charge in [0.2, 0.25) is 0 Å². The Morgan fingerprint density at radius 3 is 2.23 bits per heavy atom. The molecule has 0 saturated heterocycles. The van der Waals surface area contributed by atoms with Crippen molar-refractivity contribution in [3.63, 3.8) is 0 Å². The number of anilines is 1. The minimum atomic E-state index is -0.575. The average molecular weight is 423 g/mol. The molecule has 0 bridgehead atoms. The van der Waals surface area contributed by atoms with Crippen molar-refractivity contribution >= 4 is 28.2 Å². The Balaban J connectivity index is 1.85. The van der Waals surface area contributed by atoms with Gasteiger partial charge >= 0.3 is 0 Å². The van der Waals surface area contributed by atoms with Crippen LogP contribution < -0.4 is 15.8 Å². The first kappa shape index (κ1) is 21.6. The molecule has 0 aliphatic heterocycles. The quantitative estimate of drug-likeness (QED) is 0.577. The normalized spacial score (nSPS) is 11.2. The van der Waals surface area contributed by atoms with Gasteiger partial charge in [-0.1, -0.05) is 63.2 Å². The van der Waals surface area contributed by atoms with E-state index in [0.29, 0.717) is 16.3 Å². The summed E-state index contributed by atoms with van der Waals surface area (Å²) in [5.74, 6) is -0.324. The summed E-state index contributed by atoms with van der Waals surface area (Å²) in [5, 5.41) is 3.22. The molecule has 0 atom stereocenters. The molecule has 0 spiro atoms. The molecule has 6 heteroatoms. The maximum atomic E-state index is 12.4. The molecule has 1 aromatic heterocycles. The average Bonchev–Trinajstić information content (AvgIpc) is 3.02. The molecule has 1 heterocycles. The van der Waals surface area contributed by atoms with Gasteiger partial charge in [-0.15, -0.1) is 11.3 Å². The second-order valence-electron chi connectivity index (χ2n) is 8.08. The number of thiophene rings is 1. The number of hydrogen-bond acceptors (Lipinski definition) is 4. The fraction of sp³-hybridized carbons (Fsp3) is 0.250. The summed E-state index contributed by atoms with van der Waals surface area (Å²) < 4.78 is 5.48. The topological polar surface area (TPSA) is 81.4 Å². The van der Waals surface area contributed by atoms with Gasteiger partial charge in [-0.25, -0.2) is 0 Å². The molecule has 0 radical (unpaired) electrons. The van der Waals surface area contributed by atoms with Crippen molar-refractivity contribution in [1.82, 2.24) is 0 Å². The van der Waals surface area contributed by atoms with Gasteiger partial charge < -0.3 is 15.8 Å². The maximum Gasteiger partial charge on any atom is 0.262 e. The van der Waals surface area contributed by atoms with Crippen LogP contribution in [0.2, 0.25) is 0 Å². The zero-order chi connectivity index (χ0) is 21.9. The highest BCUT2D eigenvalue weighted by molar-refractivity contribution is 7.17. The number of amides is 2. The molecule has 0 aliphatic carbocycles. The largest absolute Gasteiger partial charge is 0.484 e. The van der Waals surface area contributed by atoms with Gasteiger partial charge in [0.05, 0.1) is 5.56 Å². The highest BCUT2D eigenvalue weighted by atomic mass is 32.1. The Kier molecular flexibility index (Phi) is 6.27. The molecule has 5 nitrogen and oxygen atoms in total. The number of benzene rings is 2. The van der Waals surface area contributed by atoms with Gasteiger partial charge in [0.1, 0.15) is 10.8 Å². The van der Waals surface area contributed by atoms with Gasteiger partial charge in [0.15, 0.2) is 6.61 Å². The van der Waals surface area contributed by atoms with Gasteiger partial charge in [-0.3, -0.25) is 9.59 Å². The fourth-order valence-electron chi connectivity index (χ4n) is 3.18. The summed E-state index contributed by atoms with van der Waals surface area (Å²) in [6, 6.07) is 17.2. The Morgan fingerprint density at radius 1 is 1.03 bits per heavy atom. The highest BCUT2D eigenvalue weighted by Crippen LogP contribution is 2.40. The van der Waals surface area contributed by atoms with E-state index >= 15 is 0 Å². The van der Waals surface area contributed by atoms with Crippen LogP contribution in [0.1, 0.15) is 41.6 Å². The lowest BCUT2D eigenvalue weighted by atomic mass is 9.86. The smallest absolute Gasteiger partial charge is 0.262 e. The summed E-state index contributed by atoms with van der Waals surface area (Å²) >= 11 is 1.34. The molecule has 3 rings (SSSR count). The monoisotopic (exact) mass is 422 g/mol. The van der Waals surface area contributed by atoms with Crippen LogP contribution in [0.5, 0.6) is 5.75 Å². The molecule has 156 valence electrons. The van der Waals surface area contributed by atoms with Crippen LogP contribution >= 0.6 is 11.3 Å². The lowest BCUT2D eigenvalue weighted by Gasteiger charge is -2.19. The number of carbonyl (C=O) groups is 2. The van der Waals surface area contributed by atoms with E-state index in [2.05, 4.69) is 38.2 Å². The van der Waals surface area contributed by atoms with Crippen molar-refractivity contribution in [2.75, 3.05) is 11.9 Å². The Labute approximate surface area is 180 Å². The Morgan fingerprint density at radius 2 is 1.67 bits per heavy atom.